The van der Waals surface area contributed by atoms with Crippen LogP contribution in [-0.2, 0) is 4.79 Å². The highest BCUT2D eigenvalue weighted by molar-refractivity contribution is 9.10. The summed E-state index contributed by atoms with van der Waals surface area (Å²) in [5, 5.41) is 10.8. The third kappa shape index (κ3) is 2.51. The van der Waals surface area contributed by atoms with Crippen molar-refractivity contribution >= 4 is 45.1 Å². The van der Waals surface area contributed by atoms with Crippen molar-refractivity contribution in [1.82, 2.24) is 0 Å². The SMILES string of the molecule is CC(=O)Nc1c(Cl)c(C(=O)O)cc(F)c1Br. The van der Waals surface area contributed by atoms with E-state index >= 15 is 0 Å². The average molecular weight is 311 g/mol. The first-order chi connectivity index (χ1) is 7.34. The lowest BCUT2D eigenvalue weighted by atomic mass is 10.2. The van der Waals surface area contributed by atoms with Gasteiger partial charge in [0.15, 0.2) is 0 Å². The predicted octanol–water partition coefficient (Wildman–Crippen LogP) is 2.90. The number of nitrogens with one attached hydrogen (secondary N) is 1. The van der Waals surface area contributed by atoms with Crippen molar-refractivity contribution in [3.8, 4) is 0 Å². The van der Waals surface area contributed by atoms with Crippen LogP contribution >= 0.6 is 27.5 Å². The summed E-state index contributed by atoms with van der Waals surface area (Å²) >= 11 is 8.61. The normalized spacial score (nSPS) is 10.0. The number of aromatic carboxylic acids is 1. The number of rotatable bonds is 2. The maximum absolute atomic E-state index is 13.3. The number of carboxylic acid groups (broad SMARTS) is 1. The Morgan fingerprint density at radius 1 is 1.56 bits per heavy atom. The quantitative estimate of drug-likeness (QED) is 0.825. The molecule has 0 bridgehead atoms. The third-order valence-electron chi connectivity index (χ3n) is 1.69. The van der Waals surface area contributed by atoms with E-state index in [1.54, 1.807) is 0 Å². The molecule has 86 valence electrons. The second-order valence-corrected chi connectivity index (χ2v) is 4.07. The molecule has 0 aliphatic carbocycles. The van der Waals surface area contributed by atoms with E-state index in [1.807, 2.05) is 0 Å². The van der Waals surface area contributed by atoms with E-state index in [-0.39, 0.29) is 15.2 Å². The number of carbonyl (C=O) groups is 2. The molecule has 1 aromatic carbocycles. The minimum absolute atomic E-state index is 0.0855. The molecule has 0 heterocycles. The van der Waals surface area contributed by atoms with Gasteiger partial charge in [-0.15, -0.1) is 0 Å². The number of hydrogen-bond acceptors (Lipinski definition) is 2. The minimum Gasteiger partial charge on any atom is -0.478 e. The lowest BCUT2D eigenvalue weighted by molar-refractivity contribution is -0.114. The van der Waals surface area contributed by atoms with E-state index in [1.165, 1.54) is 6.92 Å². The van der Waals surface area contributed by atoms with E-state index in [2.05, 4.69) is 21.2 Å². The Balaban J connectivity index is 3.45. The first kappa shape index (κ1) is 12.9. The van der Waals surface area contributed by atoms with Crippen molar-refractivity contribution < 1.29 is 19.1 Å². The first-order valence-electron chi connectivity index (χ1n) is 4.03. The van der Waals surface area contributed by atoms with E-state index in [9.17, 15) is 14.0 Å². The molecule has 1 aromatic rings. The topological polar surface area (TPSA) is 66.4 Å². The van der Waals surface area contributed by atoms with Crippen molar-refractivity contribution in [1.29, 1.82) is 0 Å². The molecule has 0 unspecified atom stereocenters. The highest BCUT2D eigenvalue weighted by Gasteiger charge is 2.20. The van der Waals surface area contributed by atoms with Crippen LogP contribution in [0.25, 0.3) is 0 Å². The van der Waals surface area contributed by atoms with Crippen LogP contribution < -0.4 is 5.32 Å². The molecular formula is C9H6BrClFNO3. The van der Waals surface area contributed by atoms with E-state index in [0.717, 1.165) is 6.07 Å². The molecule has 0 aromatic heterocycles. The molecular weight excluding hydrogens is 304 g/mol. The number of carbonyl (C=O) groups excluding carboxylic acids is 1. The molecule has 2 N–H and O–H groups in total. The molecule has 7 heteroatoms. The molecule has 0 atom stereocenters. The highest BCUT2D eigenvalue weighted by atomic mass is 79.9. The maximum Gasteiger partial charge on any atom is 0.337 e. The van der Waals surface area contributed by atoms with Crippen LogP contribution in [0.3, 0.4) is 0 Å². The molecule has 0 radical (unpaired) electrons. The summed E-state index contributed by atoms with van der Waals surface area (Å²) in [4.78, 5) is 21.6. The number of benzene rings is 1. The maximum atomic E-state index is 13.3. The third-order valence-corrected chi connectivity index (χ3v) is 2.86. The Morgan fingerprint density at radius 2 is 2.12 bits per heavy atom. The van der Waals surface area contributed by atoms with Crippen LogP contribution in [0.15, 0.2) is 10.5 Å². The fourth-order valence-electron chi connectivity index (χ4n) is 1.05. The molecule has 0 aliphatic heterocycles. The van der Waals surface area contributed by atoms with Gasteiger partial charge in [-0.25, -0.2) is 9.18 Å². The van der Waals surface area contributed by atoms with Gasteiger partial charge < -0.3 is 10.4 Å². The van der Waals surface area contributed by atoms with Gasteiger partial charge in [0, 0.05) is 6.92 Å². The van der Waals surface area contributed by atoms with Gasteiger partial charge in [-0.05, 0) is 22.0 Å². The van der Waals surface area contributed by atoms with Crippen molar-refractivity contribution in [2.75, 3.05) is 5.32 Å². The molecule has 1 rings (SSSR count). The molecule has 1 amide bonds. The molecule has 4 nitrogen and oxygen atoms in total. The van der Waals surface area contributed by atoms with Crippen LogP contribution in [0, 0.1) is 5.82 Å². The van der Waals surface area contributed by atoms with Crippen LogP contribution in [0.1, 0.15) is 17.3 Å². The summed E-state index contributed by atoms with van der Waals surface area (Å²) in [6.07, 6.45) is 0. The van der Waals surface area contributed by atoms with Crippen molar-refractivity contribution in [2.45, 2.75) is 6.92 Å². The van der Waals surface area contributed by atoms with Gasteiger partial charge in [0.1, 0.15) is 5.82 Å². The number of halogens is 3. The fraction of sp³-hybridized carbons (Fsp3) is 0.111. The zero-order valence-electron chi connectivity index (χ0n) is 7.97. The minimum atomic E-state index is -1.37. The second-order valence-electron chi connectivity index (χ2n) is 2.90. The summed E-state index contributed by atoms with van der Waals surface area (Å²) < 4.78 is 13.2. The summed E-state index contributed by atoms with van der Waals surface area (Å²) in [7, 11) is 0. The zero-order valence-corrected chi connectivity index (χ0v) is 10.3. The number of anilines is 1. The van der Waals surface area contributed by atoms with Crippen molar-refractivity contribution in [3.63, 3.8) is 0 Å². The number of hydrogen-bond donors (Lipinski definition) is 2. The van der Waals surface area contributed by atoms with E-state index < -0.39 is 23.3 Å². The summed E-state index contributed by atoms with van der Waals surface area (Å²) in [5.41, 5.74) is -0.502. The number of amides is 1. The van der Waals surface area contributed by atoms with Gasteiger partial charge >= 0.3 is 5.97 Å². The largest absolute Gasteiger partial charge is 0.478 e. The predicted molar refractivity (Wildman–Crippen MR) is 60.4 cm³/mol. The zero-order chi connectivity index (χ0) is 12.5. The lowest BCUT2D eigenvalue weighted by Gasteiger charge is -2.10. The van der Waals surface area contributed by atoms with Crippen molar-refractivity contribution in [2.24, 2.45) is 0 Å². The van der Waals surface area contributed by atoms with Gasteiger partial charge in [0.05, 0.1) is 20.7 Å². The molecule has 0 saturated heterocycles. The second kappa shape index (κ2) is 4.80. The lowest BCUT2D eigenvalue weighted by Crippen LogP contribution is -2.10. The van der Waals surface area contributed by atoms with Crippen LogP contribution in [-0.4, -0.2) is 17.0 Å². The Labute approximate surface area is 104 Å². The average Bonchev–Trinajstić information content (AvgIpc) is 2.17. The van der Waals surface area contributed by atoms with Crippen LogP contribution in [0.5, 0.6) is 0 Å². The monoisotopic (exact) mass is 309 g/mol. The summed E-state index contributed by atoms with van der Waals surface area (Å²) in [6, 6.07) is 0.778. The standard InChI is InChI=1S/C9H6BrClFNO3/c1-3(14)13-8-6(10)5(12)2-4(7(8)11)9(15)16/h2H,1H3,(H,13,14)(H,15,16). The Kier molecular flexibility index (Phi) is 3.88. The Hall–Kier alpha value is -1.14. The van der Waals surface area contributed by atoms with E-state index in [0.29, 0.717) is 0 Å². The number of carboxylic acids is 1. The van der Waals surface area contributed by atoms with Gasteiger partial charge in [-0.3, -0.25) is 4.79 Å². The van der Waals surface area contributed by atoms with Gasteiger partial charge in [-0.1, -0.05) is 11.6 Å². The summed E-state index contributed by atoms with van der Waals surface area (Å²) in [6.45, 7) is 1.20. The van der Waals surface area contributed by atoms with E-state index in [4.69, 9.17) is 16.7 Å². The fourth-order valence-corrected chi connectivity index (χ4v) is 1.85. The smallest absolute Gasteiger partial charge is 0.337 e. The summed E-state index contributed by atoms with van der Waals surface area (Å²) in [5.74, 6) is -2.67. The van der Waals surface area contributed by atoms with Crippen LogP contribution in [0.2, 0.25) is 5.02 Å². The van der Waals surface area contributed by atoms with Gasteiger partial charge in [-0.2, -0.15) is 0 Å². The Morgan fingerprint density at radius 3 is 2.56 bits per heavy atom. The van der Waals surface area contributed by atoms with Crippen molar-refractivity contribution in [3.05, 3.63) is 26.9 Å². The first-order valence-corrected chi connectivity index (χ1v) is 5.20. The highest BCUT2D eigenvalue weighted by Crippen LogP contribution is 2.35. The molecule has 0 fully saturated rings. The van der Waals surface area contributed by atoms with Crippen LogP contribution in [0.4, 0.5) is 10.1 Å². The molecule has 0 spiro atoms. The Bertz CT molecular complexity index is 478. The molecule has 0 saturated carbocycles. The van der Waals surface area contributed by atoms with Gasteiger partial charge in [0.2, 0.25) is 5.91 Å². The molecule has 0 aliphatic rings. The molecule has 16 heavy (non-hydrogen) atoms. The van der Waals surface area contributed by atoms with Gasteiger partial charge in [0.25, 0.3) is 0 Å².